The maximum absolute atomic E-state index is 5.37. The molecule has 1 heterocycles. The molecule has 0 radical (unpaired) electrons. The average Bonchev–Trinajstić information content (AvgIpc) is 2.47. The van der Waals surface area contributed by atoms with Crippen molar-refractivity contribution >= 4 is 11.9 Å². The van der Waals surface area contributed by atoms with Crippen LogP contribution < -0.4 is 17.2 Å². The Kier molecular flexibility index (Phi) is 3.00. The summed E-state index contributed by atoms with van der Waals surface area (Å²) in [4.78, 5) is 11.3. The molecule has 0 aromatic carbocycles. The molecule has 1 rings (SSSR count). The van der Waals surface area contributed by atoms with Crippen molar-refractivity contribution in [2.75, 3.05) is 0 Å². The van der Waals surface area contributed by atoms with Crippen LogP contribution in [0.1, 0.15) is 5.82 Å². The van der Waals surface area contributed by atoms with Crippen molar-refractivity contribution < 1.29 is 0 Å². The third-order valence-corrected chi connectivity index (χ3v) is 1.27. The van der Waals surface area contributed by atoms with Gasteiger partial charge >= 0.3 is 0 Å². The number of guanidine groups is 2. The summed E-state index contributed by atoms with van der Waals surface area (Å²) in [5, 5.41) is 3.99. The van der Waals surface area contributed by atoms with Gasteiger partial charge in [-0.05, 0) is 0 Å². The molecule has 1 aromatic heterocycles. The Morgan fingerprint density at radius 1 is 1.50 bits per heavy atom. The van der Waals surface area contributed by atoms with Crippen LogP contribution in [0.3, 0.4) is 0 Å². The quantitative estimate of drug-likeness (QED) is 0.368. The molecule has 0 spiro atoms. The predicted molar refractivity (Wildman–Crippen MR) is 52.1 cm³/mol. The molecule has 8 nitrogen and oxygen atoms in total. The molecule has 6 N–H and O–H groups in total. The molecule has 14 heavy (non-hydrogen) atoms. The van der Waals surface area contributed by atoms with E-state index >= 15 is 0 Å². The number of hydrogen-bond donors (Lipinski definition) is 3. The van der Waals surface area contributed by atoms with Gasteiger partial charge in [0.2, 0.25) is 5.96 Å². The molecular weight excluding hydrogens is 184 g/mol. The third kappa shape index (κ3) is 3.09. The van der Waals surface area contributed by atoms with Crippen LogP contribution in [0.15, 0.2) is 16.3 Å². The van der Waals surface area contributed by atoms with Gasteiger partial charge in [0.25, 0.3) is 0 Å². The molecular formula is C6H12N8. The summed E-state index contributed by atoms with van der Waals surface area (Å²) in [5.41, 5.74) is 15.6. The number of nitrogens with two attached hydrogens (primary N) is 3. The van der Waals surface area contributed by atoms with Gasteiger partial charge in [0.15, 0.2) is 11.8 Å². The zero-order chi connectivity index (χ0) is 10.6. The second-order valence-electron chi connectivity index (χ2n) is 2.55. The normalized spacial score (nSPS) is 11.4. The van der Waals surface area contributed by atoms with Crippen molar-refractivity contribution in [3.05, 3.63) is 12.2 Å². The van der Waals surface area contributed by atoms with Crippen molar-refractivity contribution in [3.8, 4) is 0 Å². The summed E-state index contributed by atoms with van der Waals surface area (Å²) < 4.78 is 1.57. The van der Waals surface area contributed by atoms with E-state index in [4.69, 9.17) is 17.2 Å². The summed E-state index contributed by atoms with van der Waals surface area (Å²) >= 11 is 0. The van der Waals surface area contributed by atoms with Crippen molar-refractivity contribution in [1.82, 2.24) is 14.8 Å². The summed E-state index contributed by atoms with van der Waals surface area (Å²) in [7, 11) is 1.76. The van der Waals surface area contributed by atoms with Gasteiger partial charge in [0.1, 0.15) is 12.9 Å². The van der Waals surface area contributed by atoms with Crippen LogP contribution in [0.4, 0.5) is 0 Å². The van der Waals surface area contributed by atoms with Gasteiger partial charge in [0.05, 0.1) is 0 Å². The second kappa shape index (κ2) is 4.21. The third-order valence-electron chi connectivity index (χ3n) is 1.27. The van der Waals surface area contributed by atoms with Crippen molar-refractivity contribution in [2.45, 2.75) is 6.54 Å². The fourth-order valence-electron chi connectivity index (χ4n) is 0.776. The van der Waals surface area contributed by atoms with E-state index in [9.17, 15) is 0 Å². The second-order valence-corrected chi connectivity index (χ2v) is 2.55. The predicted octanol–water partition coefficient (Wildman–Crippen LogP) is -2.10. The van der Waals surface area contributed by atoms with Crippen LogP contribution in [0.5, 0.6) is 0 Å². The molecule has 0 saturated heterocycles. The van der Waals surface area contributed by atoms with E-state index in [0.717, 1.165) is 0 Å². The molecule has 0 fully saturated rings. The lowest BCUT2D eigenvalue weighted by Gasteiger charge is -1.92. The largest absolute Gasteiger partial charge is 0.370 e. The molecule has 1 aromatic rings. The van der Waals surface area contributed by atoms with Gasteiger partial charge in [-0.15, -0.1) is 0 Å². The minimum Gasteiger partial charge on any atom is -0.370 e. The first kappa shape index (κ1) is 9.96. The fraction of sp³-hybridized carbons (Fsp3) is 0.333. The number of nitrogens with zero attached hydrogens (tertiary/aromatic N) is 5. The van der Waals surface area contributed by atoms with E-state index in [-0.39, 0.29) is 18.5 Å². The molecule has 0 amide bonds. The SMILES string of the molecule is Cn1cnc(CN=C(N)N=C(N)N)n1. The van der Waals surface area contributed by atoms with Crippen LogP contribution in [0.25, 0.3) is 0 Å². The van der Waals surface area contributed by atoms with Crippen molar-refractivity contribution in [3.63, 3.8) is 0 Å². The Balaban J connectivity index is 2.59. The molecule has 0 aliphatic carbocycles. The minimum absolute atomic E-state index is 0.0115. The van der Waals surface area contributed by atoms with Crippen LogP contribution in [-0.2, 0) is 13.6 Å². The summed E-state index contributed by atoms with van der Waals surface area (Å²) in [6, 6.07) is 0. The first-order valence-corrected chi connectivity index (χ1v) is 3.82. The molecule has 0 bridgehead atoms. The summed E-state index contributed by atoms with van der Waals surface area (Å²) in [6.45, 7) is 0.253. The van der Waals surface area contributed by atoms with Crippen LogP contribution in [0.2, 0.25) is 0 Å². The molecule has 0 atom stereocenters. The van der Waals surface area contributed by atoms with Crippen LogP contribution in [0, 0.1) is 0 Å². The highest BCUT2D eigenvalue weighted by Gasteiger charge is 1.96. The zero-order valence-corrected chi connectivity index (χ0v) is 7.75. The van der Waals surface area contributed by atoms with Gasteiger partial charge in [-0.3, -0.25) is 4.68 Å². The highest BCUT2D eigenvalue weighted by molar-refractivity contribution is 5.92. The first-order valence-electron chi connectivity index (χ1n) is 3.82. The van der Waals surface area contributed by atoms with Gasteiger partial charge in [-0.1, -0.05) is 0 Å². The Bertz CT molecular complexity index is 358. The van der Waals surface area contributed by atoms with Crippen LogP contribution in [-0.4, -0.2) is 26.7 Å². The lowest BCUT2D eigenvalue weighted by atomic mass is 10.6. The standard InChI is InChI=1S/C6H12N8/c1-14-3-11-4(13-14)2-10-6(9)12-5(7)8/h3H,2H2,1H3,(H6,7,8,9,10,12). The maximum atomic E-state index is 5.37. The number of aliphatic imine (C=N–C) groups is 2. The van der Waals surface area contributed by atoms with E-state index in [0.29, 0.717) is 5.82 Å². The molecule has 8 heteroatoms. The van der Waals surface area contributed by atoms with Gasteiger partial charge in [0, 0.05) is 7.05 Å². The highest BCUT2D eigenvalue weighted by atomic mass is 15.3. The minimum atomic E-state index is -0.125. The molecule has 0 aliphatic rings. The molecule has 0 unspecified atom stereocenters. The lowest BCUT2D eigenvalue weighted by molar-refractivity contribution is 0.742. The molecule has 0 saturated carbocycles. The lowest BCUT2D eigenvalue weighted by Crippen LogP contribution is -2.26. The van der Waals surface area contributed by atoms with Gasteiger partial charge in [-0.25, -0.2) is 9.98 Å². The zero-order valence-electron chi connectivity index (χ0n) is 7.75. The average molecular weight is 196 g/mol. The topological polar surface area (TPSA) is 133 Å². The number of aryl methyl sites for hydroxylation is 1. The van der Waals surface area contributed by atoms with Crippen molar-refractivity contribution in [2.24, 2.45) is 34.2 Å². The number of hydrogen-bond acceptors (Lipinski definition) is 3. The smallest absolute Gasteiger partial charge is 0.218 e. The number of rotatable bonds is 2. The molecule has 76 valence electrons. The monoisotopic (exact) mass is 196 g/mol. The highest BCUT2D eigenvalue weighted by Crippen LogP contribution is 1.90. The Morgan fingerprint density at radius 3 is 2.71 bits per heavy atom. The Morgan fingerprint density at radius 2 is 2.21 bits per heavy atom. The summed E-state index contributed by atoms with van der Waals surface area (Å²) in [6.07, 6.45) is 1.57. The molecule has 0 aliphatic heterocycles. The van der Waals surface area contributed by atoms with E-state index in [1.54, 1.807) is 18.1 Å². The van der Waals surface area contributed by atoms with E-state index in [1.165, 1.54) is 0 Å². The van der Waals surface area contributed by atoms with Gasteiger partial charge < -0.3 is 17.2 Å². The maximum Gasteiger partial charge on any atom is 0.218 e. The first-order chi connectivity index (χ1) is 6.58. The van der Waals surface area contributed by atoms with E-state index in [2.05, 4.69) is 20.1 Å². The van der Waals surface area contributed by atoms with Gasteiger partial charge in [-0.2, -0.15) is 10.1 Å². The Labute approximate surface area is 80.5 Å². The van der Waals surface area contributed by atoms with E-state index < -0.39 is 0 Å². The Hall–Kier alpha value is -2.12. The van der Waals surface area contributed by atoms with E-state index in [1.807, 2.05) is 0 Å². The van der Waals surface area contributed by atoms with Crippen molar-refractivity contribution in [1.29, 1.82) is 0 Å². The van der Waals surface area contributed by atoms with Crippen LogP contribution >= 0.6 is 0 Å². The summed E-state index contributed by atoms with van der Waals surface area (Å²) in [5.74, 6) is 0.443. The fourth-order valence-corrected chi connectivity index (χ4v) is 0.776. The number of aromatic nitrogens is 3.